The molecular formula is C11H16BrNOS. The van der Waals surface area contributed by atoms with E-state index in [1.165, 1.54) is 8.66 Å². The number of nitrogens with one attached hydrogen (secondary N) is 1. The Hall–Kier alpha value is 0.1000. The van der Waals surface area contributed by atoms with Crippen LogP contribution >= 0.6 is 27.3 Å². The standard InChI is InChI=1S/C11H16BrNOS/c1-11(7-14-2)5-8(6-13-11)9-3-4-10(12)15-9/h3-4,8,13H,5-7H2,1-2H3. The zero-order valence-corrected chi connectivity index (χ0v) is 11.5. The van der Waals surface area contributed by atoms with Crippen LogP contribution in [0.15, 0.2) is 15.9 Å². The predicted octanol–water partition coefficient (Wildman–Crippen LogP) is 2.99. The first kappa shape index (κ1) is 11.6. The summed E-state index contributed by atoms with van der Waals surface area (Å²) in [7, 11) is 1.77. The lowest BCUT2D eigenvalue weighted by Crippen LogP contribution is -2.40. The summed E-state index contributed by atoms with van der Waals surface area (Å²) < 4.78 is 6.47. The Morgan fingerprint density at radius 3 is 3.07 bits per heavy atom. The fourth-order valence-corrected chi connectivity index (χ4v) is 3.76. The third kappa shape index (κ3) is 2.61. The van der Waals surface area contributed by atoms with E-state index in [4.69, 9.17) is 4.74 Å². The van der Waals surface area contributed by atoms with Crippen LogP contribution in [0, 0.1) is 0 Å². The average Bonchev–Trinajstić information content (AvgIpc) is 2.73. The second-order valence-electron chi connectivity index (χ2n) is 4.42. The molecule has 1 aromatic rings. The summed E-state index contributed by atoms with van der Waals surface area (Å²) in [5, 5.41) is 3.56. The average molecular weight is 290 g/mol. The molecule has 2 unspecified atom stereocenters. The minimum absolute atomic E-state index is 0.149. The molecular weight excluding hydrogens is 274 g/mol. The number of methoxy groups -OCH3 is 1. The minimum Gasteiger partial charge on any atom is -0.383 e. The van der Waals surface area contributed by atoms with Gasteiger partial charge in [-0.2, -0.15) is 0 Å². The normalized spacial score (nSPS) is 31.0. The van der Waals surface area contributed by atoms with Crippen molar-refractivity contribution in [1.29, 1.82) is 0 Å². The first-order valence-corrected chi connectivity index (χ1v) is 6.73. The van der Waals surface area contributed by atoms with Gasteiger partial charge in [0.05, 0.1) is 10.4 Å². The van der Waals surface area contributed by atoms with Gasteiger partial charge in [0.2, 0.25) is 0 Å². The van der Waals surface area contributed by atoms with E-state index in [0.717, 1.165) is 19.6 Å². The van der Waals surface area contributed by atoms with Crippen LogP contribution in [0.5, 0.6) is 0 Å². The number of hydrogen-bond donors (Lipinski definition) is 1. The van der Waals surface area contributed by atoms with Crippen LogP contribution in [0.2, 0.25) is 0 Å². The van der Waals surface area contributed by atoms with Gasteiger partial charge in [0.25, 0.3) is 0 Å². The summed E-state index contributed by atoms with van der Waals surface area (Å²) in [4.78, 5) is 1.47. The van der Waals surface area contributed by atoms with Gasteiger partial charge < -0.3 is 10.1 Å². The van der Waals surface area contributed by atoms with Gasteiger partial charge in [-0.05, 0) is 41.4 Å². The molecule has 1 saturated heterocycles. The summed E-state index contributed by atoms with van der Waals surface area (Å²) in [6, 6.07) is 4.35. The molecule has 2 heterocycles. The van der Waals surface area contributed by atoms with E-state index >= 15 is 0 Å². The molecule has 0 radical (unpaired) electrons. The third-order valence-electron chi connectivity index (χ3n) is 2.93. The highest BCUT2D eigenvalue weighted by Gasteiger charge is 2.35. The topological polar surface area (TPSA) is 21.3 Å². The molecule has 1 aliphatic heterocycles. The highest BCUT2D eigenvalue weighted by atomic mass is 79.9. The summed E-state index contributed by atoms with van der Waals surface area (Å²) in [5.41, 5.74) is 0.149. The van der Waals surface area contributed by atoms with E-state index in [9.17, 15) is 0 Å². The van der Waals surface area contributed by atoms with Crippen molar-refractivity contribution in [2.45, 2.75) is 24.8 Å². The van der Waals surface area contributed by atoms with Gasteiger partial charge in [-0.3, -0.25) is 0 Å². The molecule has 1 N–H and O–H groups in total. The lowest BCUT2D eigenvalue weighted by atomic mass is 9.95. The Morgan fingerprint density at radius 2 is 2.47 bits per heavy atom. The lowest BCUT2D eigenvalue weighted by Gasteiger charge is -2.23. The Kier molecular flexibility index (Phi) is 3.50. The van der Waals surface area contributed by atoms with Crippen LogP contribution in [0.4, 0.5) is 0 Å². The van der Waals surface area contributed by atoms with E-state index in [2.05, 4.69) is 40.3 Å². The Labute approximate surface area is 103 Å². The van der Waals surface area contributed by atoms with Crippen LogP contribution in [-0.4, -0.2) is 25.8 Å². The summed E-state index contributed by atoms with van der Waals surface area (Å²) in [6.45, 7) is 4.09. The number of rotatable bonds is 3. The summed E-state index contributed by atoms with van der Waals surface area (Å²) >= 11 is 5.35. The Balaban J connectivity index is 2.03. The van der Waals surface area contributed by atoms with Crippen LogP contribution < -0.4 is 5.32 Å². The number of thiophene rings is 1. The Bertz CT molecular complexity index is 341. The smallest absolute Gasteiger partial charge is 0.0701 e. The molecule has 1 fully saturated rings. The highest BCUT2D eigenvalue weighted by Crippen LogP contribution is 2.36. The molecule has 0 spiro atoms. The van der Waals surface area contributed by atoms with Crippen molar-refractivity contribution in [3.63, 3.8) is 0 Å². The van der Waals surface area contributed by atoms with Crippen molar-refractivity contribution in [2.24, 2.45) is 0 Å². The van der Waals surface area contributed by atoms with Crippen LogP contribution in [0.25, 0.3) is 0 Å². The first-order chi connectivity index (χ1) is 7.13. The maximum absolute atomic E-state index is 5.25. The zero-order chi connectivity index (χ0) is 10.9. The summed E-state index contributed by atoms with van der Waals surface area (Å²) in [6.07, 6.45) is 1.16. The van der Waals surface area contributed by atoms with Crippen molar-refractivity contribution in [2.75, 3.05) is 20.3 Å². The largest absolute Gasteiger partial charge is 0.383 e. The van der Waals surface area contributed by atoms with Crippen LogP contribution in [-0.2, 0) is 4.74 Å². The molecule has 84 valence electrons. The number of hydrogen-bond acceptors (Lipinski definition) is 3. The molecule has 1 aliphatic rings. The summed E-state index contributed by atoms with van der Waals surface area (Å²) in [5.74, 6) is 0.640. The van der Waals surface area contributed by atoms with Gasteiger partial charge in [0.1, 0.15) is 0 Å². The molecule has 2 atom stereocenters. The zero-order valence-electron chi connectivity index (χ0n) is 9.05. The maximum Gasteiger partial charge on any atom is 0.0701 e. The van der Waals surface area contributed by atoms with Crippen LogP contribution in [0.1, 0.15) is 24.1 Å². The third-order valence-corrected chi connectivity index (χ3v) is 4.72. The fourth-order valence-electron chi connectivity index (χ4n) is 2.24. The highest BCUT2D eigenvalue weighted by molar-refractivity contribution is 9.11. The molecule has 2 nitrogen and oxygen atoms in total. The van der Waals surface area contributed by atoms with E-state index < -0.39 is 0 Å². The molecule has 1 aromatic heterocycles. The molecule has 0 amide bonds. The second kappa shape index (κ2) is 4.53. The quantitative estimate of drug-likeness (QED) is 0.924. The van der Waals surface area contributed by atoms with Gasteiger partial charge in [-0.1, -0.05) is 0 Å². The van der Waals surface area contributed by atoms with E-state index in [-0.39, 0.29) is 5.54 Å². The van der Waals surface area contributed by atoms with E-state index in [1.807, 2.05) is 11.3 Å². The van der Waals surface area contributed by atoms with Gasteiger partial charge in [-0.15, -0.1) is 11.3 Å². The Morgan fingerprint density at radius 1 is 1.67 bits per heavy atom. The SMILES string of the molecule is COCC1(C)CC(c2ccc(Br)s2)CN1. The predicted molar refractivity (Wildman–Crippen MR) is 67.7 cm³/mol. The van der Waals surface area contributed by atoms with Crippen molar-refractivity contribution in [3.05, 3.63) is 20.8 Å². The first-order valence-electron chi connectivity index (χ1n) is 5.12. The molecule has 0 bridgehead atoms. The molecule has 0 aromatic carbocycles. The monoisotopic (exact) mass is 289 g/mol. The number of halogens is 1. The van der Waals surface area contributed by atoms with E-state index in [0.29, 0.717) is 5.92 Å². The second-order valence-corrected chi connectivity index (χ2v) is 6.91. The van der Waals surface area contributed by atoms with Crippen molar-refractivity contribution >= 4 is 27.3 Å². The molecule has 0 aliphatic carbocycles. The molecule has 4 heteroatoms. The van der Waals surface area contributed by atoms with Crippen LogP contribution in [0.3, 0.4) is 0 Å². The molecule has 15 heavy (non-hydrogen) atoms. The van der Waals surface area contributed by atoms with E-state index in [1.54, 1.807) is 7.11 Å². The van der Waals surface area contributed by atoms with Gasteiger partial charge in [0.15, 0.2) is 0 Å². The van der Waals surface area contributed by atoms with Gasteiger partial charge in [0, 0.05) is 30.0 Å². The van der Waals surface area contributed by atoms with Gasteiger partial charge in [-0.25, -0.2) is 0 Å². The fraction of sp³-hybridized carbons (Fsp3) is 0.636. The minimum atomic E-state index is 0.149. The number of ether oxygens (including phenoxy) is 1. The van der Waals surface area contributed by atoms with Gasteiger partial charge >= 0.3 is 0 Å². The maximum atomic E-state index is 5.25. The molecule has 2 rings (SSSR count). The van der Waals surface area contributed by atoms with Crippen molar-refractivity contribution in [1.82, 2.24) is 5.32 Å². The molecule has 0 saturated carbocycles. The van der Waals surface area contributed by atoms with Crippen molar-refractivity contribution in [3.8, 4) is 0 Å². The lowest BCUT2D eigenvalue weighted by molar-refractivity contribution is 0.129. The van der Waals surface area contributed by atoms with Crippen molar-refractivity contribution < 1.29 is 4.74 Å².